The Morgan fingerprint density at radius 2 is 1.72 bits per heavy atom. The van der Waals surface area contributed by atoms with Gasteiger partial charge in [0.05, 0.1) is 18.8 Å². The molecule has 0 saturated heterocycles. The van der Waals surface area contributed by atoms with Crippen molar-refractivity contribution < 1.29 is 9.53 Å². The van der Waals surface area contributed by atoms with E-state index in [1.54, 1.807) is 7.11 Å². The zero-order valence-corrected chi connectivity index (χ0v) is 19.2. The first-order valence-corrected chi connectivity index (χ1v) is 11.3. The van der Waals surface area contributed by atoms with Crippen LogP contribution in [-0.2, 0) is 6.42 Å². The van der Waals surface area contributed by atoms with E-state index in [0.717, 1.165) is 39.0 Å². The molecule has 5 nitrogen and oxygen atoms in total. The number of nitrogens with zero attached hydrogens (tertiary/aromatic N) is 2. The Morgan fingerprint density at radius 1 is 1.00 bits per heavy atom. The molecular formula is C26H22BrN3O2. The minimum absolute atomic E-state index is 0.0175. The van der Waals surface area contributed by atoms with E-state index >= 15 is 0 Å². The summed E-state index contributed by atoms with van der Waals surface area (Å²) in [5, 5.41) is 7.56. The number of amides is 1. The van der Waals surface area contributed by atoms with Gasteiger partial charge < -0.3 is 9.64 Å². The fourth-order valence-corrected chi connectivity index (χ4v) is 4.55. The highest BCUT2D eigenvalue weighted by Gasteiger charge is 2.41. The number of rotatable bonds is 6. The van der Waals surface area contributed by atoms with E-state index in [2.05, 4.69) is 50.4 Å². The number of nitrogens with one attached hydrogen (secondary N) is 1. The molecule has 1 N–H and O–H groups in total. The van der Waals surface area contributed by atoms with Gasteiger partial charge in [-0.3, -0.25) is 9.89 Å². The van der Waals surface area contributed by atoms with Gasteiger partial charge in [-0.25, -0.2) is 0 Å². The van der Waals surface area contributed by atoms with Gasteiger partial charge in [0, 0.05) is 22.1 Å². The Labute approximate surface area is 195 Å². The summed E-state index contributed by atoms with van der Waals surface area (Å²) >= 11 is 3.52. The van der Waals surface area contributed by atoms with Gasteiger partial charge in [0.15, 0.2) is 0 Å². The van der Waals surface area contributed by atoms with E-state index in [1.165, 1.54) is 5.56 Å². The number of carbonyl (C=O) groups excluding carboxylic acids is 1. The van der Waals surface area contributed by atoms with Crippen molar-refractivity contribution in [3.8, 4) is 17.0 Å². The first-order chi connectivity index (χ1) is 15.7. The van der Waals surface area contributed by atoms with Crippen LogP contribution in [0.5, 0.6) is 5.75 Å². The number of halogens is 1. The second-order valence-electron chi connectivity index (χ2n) is 7.78. The van der Waals surface area contributed by atoms with Crippen molar-refractivity contribution in [2.45, 2.75) is 12.5 Å². The van der Waals surface area contributed by atoms with Crippen molar-refractivity contribution in [2.24, 2.45) is 0 Å². The van der Waals surface area contributed by atoms with Gasteiger partial charge in [0.25, 0.3) is 5.91 Å². The van der Waals surface area contributed by atoms with Crippen LogP contribution in [0.4, 0.5) is 0 Å². The van der Waals surface area contributed by atoms with Crippen LogP contribution in [0.1, 0.15) is 33.2 Å². The number of carbonyl (C=O) groups is 1. The van der Waals surface area contributed by atoms with Gasteiger partial charge in [0.1, 0.15) is 11.4 Å². The number of H-pyrrole nitrogens is 1. The van der Waals surface area contributed by atoms with Gasteiger partial charge in [-0.15, -0.1) is 0 Å². The molecule has 1 amide bonds. The van der Waals surface area contributed by atoms with Crippen molar-refractivity contribution in [1.29, 1.82) is 0 Å². The third-order valence-corrected chi connectivity index (χ3v) is 6.43. The molecule has 0 bridgehead atoms. The quantitative estimate of drug-likeness (QED) is 0.383. The Hall–Kier alpha value is -3.38. The van der Waals surface area contributed by atoms with Crippen LogP contribution < -0.4 is 4.74 Å². The van der Waals surface area contributed by atoms with Crippen LogP contribution in [0.3, 0.4) is 0 Å². The van der Waals surface area contributed by atoms with Crippen LogP contribution in [0.25, 0.3) is 11.3 Å². The molecule has 0 unspecified atom stereocenters. The maximum atomic E-state index is 13.4. The minimum atomic E-state index is -0.204. The van der Waals surface area contributed by atoms with Crippen LogP contribution >= 0.6 is 15.9 Å². The average molecular weight is 488 g/mol. The third-order valence-electron chi connectivity index (χ3n) is 5.90. The Balaban J connectivity index is 1.56. The zero-order chi connectivity index (χ0) is 22.1. The molecule has 5 rings (SSSR count). The molecule has 1 aromatic heterocycles. The number of hydrogen-bond acceptors (Lipinski definition) is 3. The summed E-state index contributed by atoms with van der Waals surface area (Å²) in [6.45, 7) is 0.619. The first-order valence-electron chi connectivity index (χ1n) is 10.5. The van der Waals surface area contributed by atoms with E-state index < -0.39 is 0 Å². The van der Waals surface area contributed by atoms with E-state index in [4.69, 9.17) is 4.74 Å². The molecule has 1 aliphatic rings. The molecule has 0 saturated carbocycles. The summed E-state index contributed by atoms with van der Waals surface area (Å²) in [5.74, 6) is 0.766. The summed E-state index contributed by atoms with van der Waals surface area (Å²) in [6, 6.07) is 26.0. The predicted molar refractivity (Wildman–Crippen MR) is 128 cm³/mol. The second-order valence-corrected chi connectivity index (χ2v) is 8.69. The number of aromatic nitrogens is 2. The SMILES string of the molecule is COc1ccc(-c2n[nH]c3c2[C@H](c2ccc(Br)cc2)N(CCc2ccccc2)C3=O)cc1. The Morgan fingerprint density at radius 3 is 2.41 bits per heavy atom. The lowest BCUT2D eigenvalue weighted by atomic mass is 9.96. The molecule has 0 radical (unpaired) electrons. The van der Waals surface area contributed by atoms with E-state index in [1.807, 2.05) is 59.5 Å². The lowest BCUT2D eigenvalue weighted by Gasteiger charge is -2.26. The Kier molecular flexibility index (Phi) is 5.53. The maximum absolute atomic E-state index is 13.4. The summed E-state index contributed by atoms with van der Waals surface area (Å²) in [4.78, 5) is 15.4. The van der Waals surface area contributed by atoms with Crippen LogP contribution in [0, 0.1) is 0 Å². The molecule has 4 aromatic rings. The monoisotopic (exact) mass is 487 g/mol. The standard InChI is InChI=1S/C26H22BrN3O2/c1-32-21-13-9-18(10-14-21)23-22-24(29-28-23)26(31)30(16-15-17-5-3-2-4-6-17)25(22)19-7-11-20(27)12-8-19/h2-14,25H,15-16H2,1H3,(H,28,29)/t25-/m0/s1. The summed E-state index contributed by atoms with van der Waals surface area (Å²) in [7, 11) is 1.65. The van der Waals surface area contributed by atoms with Crippen LogP contribution in [0.15, 0.2) is 83.3 Å². The van der Waals surface area contributed by atoms with Crippen molar-refractivity contribution in [3.63, 3.8) is 0 Å². The summed E-state index contributed by atoms with van der Waals surface area (Å²) < 4.78 is 6.30. The molecule has 3 aromatic carbocycles. The maximum Gasteiger partial charge on any atom is 0.273 e. The zero-order valence-electron chi connectivity index (χ0n) is 17.6. The average Bonchev–Trinajstić information content (AvgIpc) is 3.38. The third kappa shape index (κ3) is 3.71. The van der Waals surface area contributed by atoms with Gasteiger partial charge in [-0.1, -0.05) is 58.4 Å². The molecule has 32 heavy (non-hydrogen) atoms. The molecule has 1 atom stereocenters. The van der Waals surface area contributed by atoms with Crippen molar-refractivity contribution >= 4 is 21.8 Å². The molecule has 2 heterocycles. The summed E-state index contributed by atoms with van der Waals surface area (Å²) in [6.07, 6.45) is 0.787. The van der Waals surface area contributed by atoms with Crippen molar-refractivity contribution in [2.75, 3.05) is 13.7 Å². The van der Waals surface area contributed by atoms with Crippen molar-refractivity contribution in [3.05, 3.63) is 106 Å². The molecule has 1 aliphatic heterocycles. The number of ether oxygens (including phenoxy) is 1. The molecule has 0 spiro atoms. The molecule has 0 fully saturated rings. The fourth-order valence-electron chi connectivity index (χ4n) is 4.28. The smallest absolute Gasteiger partial charge is 0.273 e. The first kappa shape index (κ1) is 20.5. The fraction of sp³-hybridized carbons (Fsp3) is 0.154. The second kappa shape index (κ2) is 8.63. The molecule has 6 heteroatoms. The van der Waals surface area contributed by atoms with Gasteiger partial charge in [0.2, 0.25) is 0 Å². The number of aromatic amines is 1. The normalized spacial score (nSPS) is 15.1. The number of benzene rings is 3. The van der Waals surface area contributed by atoms with Gasteiger partial charge >= 0.3 is 0 Å². The molecule has 160 valence electrons. The number of hydrogen-bond donors (Lipinski definition) is 1. The topological polar surface area (TPSA) is 58.2 Å². The highest BCUT2D eigenvalue weighted by Crippen LogP contribution is 2.43. The highest BCUT2D eigenvalue weighted by atomic mass is 79.9. The Bertz CT molecular complexity index is 1230. The lowest BCUT2D eigenvalue weighted by Crippen LogP contribution is -2.31. The van der Waals surface area contributed by atoms with E-state index in [0.29, 0.717) is 12.2 Å². The molecular weight excluding hydrogens is 466 g/mol. The van der Waals surface area contributed by atoms with Crippen LogP contribution in [-0.4, -0.2) is 34.7 Å². The van der Waals surface area contributed by atoms with Crippen molar-refractivity contribution in [1.82, 2.24) is 15.1 Å². The molecule has 0 aliphatic carbocycles. The van der Waals surface area contributed by atoms with Gasteiger partial charge in [-0.05, 0) is 53.9 Å². The minimum Gasteiger partial charge on any atom is -0.497 e. The number of fused-ring (bicyclic) bond motifs is 1. The van der Waals surface area contributed by atoms with Crippen LogP contribution in [0.2, 0.25) is 0 Å². The predicted octanol–water partition coefficient (Wildman–Crippen LogP) is 5.64. The van der Waals surface area contributed by atoms with E-state index in [-0.39, 0.29) is 11.9 Å². The van der Waals surface area contributed by atoms with E-state index in [9.17, 15) is 4.79 Å². The number of methoxy groups -OCH3 is 1. The highest BCUT2D eigenvalue weighted by molar-refractivity contribution is 9.10. The largest absolute Gasteiger partial charge is 0.497 e. The summed E-state index contributed by atoms with van der Waals surface area (Å²) in [5.41, 5.74) is 5.50. The van der Waals surface area contributed by atoms with Gasteiger partial charge in [-0.2, -0.15) is 5.10 Å². The lowest BCUT2D eigenvalue weighted by molar-refractivity contribution is 0.0746.